The average Bonchev–Trinajstić information content (AvgIpc) is 2.72. The number of nitrogens with one attached hydrogen (secondary N) is 1. The number of piperazine rings is 1. The van der Waals surface area contributed by atoms with Crippen LogP contribution in [0.1, 0.15) is 11.3 Å². The maximum absolute atomic E-state index is 13.0. The molecule has 1 N–H and O–H groups in total. The van der Waals surface area contributed by atoms with Gasteiger partial charge in [-0.1, -0.05) is 18.2 Å². The number of rotatable bonds is 4. The van der Waals surface area contributed by atoms with Gasteiger partial charge in [-0.3, -0.25) is 9.78 Å². The lowest BCUT2D eigenvalue weighted by atomic mass is 10.1. The molecule has 1 aliphatic rings. The quantitative estimate of drug-likeness (QED) is 0.756. The predicted molar refractivity (Wildman–Crippen MR) is 101 cm³/mol. The Kier molecular flexibility index (Phi) is 4.78. The van der Waals surface area contributed by atoms with Gasteiger partial charge < -0.3 is 9.80 Å². The molecule has 1 aliphatic heterocycles. The van der Waals surface area contributed by atoms with Crippen LogP contribution in [-0.4, -0.2) is 46.3 Å². The van der Waals surface area contributed by atoms with Crippen molar-refractivity contribution in [1.29, 1.82) is 0 Å². The van der Waals surface area contributed by atoms with Gasteiger partial charge in [-0.2, -0.15) is 0 Å². The smallest absolute Gasteiger partial charge is 0.274 e. The zero-order chi connectivity index (χ0) is 18.6. The summed E-state index contributed by atoms with van der Waals surface area (Å²) in [7, 11) is 0. The maximum atomic E-state index is 13.0. The van der Waals surface area contributed by atoms with Crippen LogP contribution in [0.5, 0.6) is 0 Å². The monoisotopic (exact) mass is 366 g/mol. The summed E-state index contributed by atoms with van der Waals surface area (Å²) in [6.07, 6.45) is 2.10. The third kappa shape index (κ3) is 3.94. The van der Waals surface area contributed by atoms with Crippen molar-refractivity contribution in [3.63, 3.8) is 0 Å². The zero-order valence-electron chi connectivity index (χ0n) is 14.7. The Balaban J connectivity index is 1.42. The Bertz CT molecular complexity index is 952. The van der Waals surface area contributed by atoms with Gasteiger partial charge >= 0.3 is 0 Å². The highest BCUT2D eigenvalue weighted by Crippen LogP contribution is 2.15. The topological polar surface area (TPSA) is 78.0 Å². The van der Waals surface area contributed by atoms with Gasteiger partial charge in [0.1, 0.15) is 17.3 Å². The molecule has 0 aliphatic carbocycles. The van der Waals surface area contributed by atoms with E-state index < -0.39 is 0 Å². The van der Waals surface area contributed by atoms with Crippen molar-refractivity contribution < 1.29 is 4.39 Å². The van der Waals surface area contributed by atoms with E-state index in [2.05, 4.69) is 25.1 Å². The number of H-pyrrole nitrogens is 1. The van der Waals surface area contributed by atoms with Crippen molar-refractivity contribution >= 4 is 11.8 Å². The van der Waals surface area contributed by atoms with Gasteiger partial charge in [0.05, 0.1) is 0 Å². The van der Waals surface area contributed by atoms with E-state index in [1.54, 1.807) is 18.3 Å². The molecule has 4 rings (SSSR count). The summed E-state index contributed by atoms with van der Waals surface area (Å²) in [5.74, 6) is 1.12. The Morgan fingerprint density at radius 2 is 1.70 bits per heavy atom. The van der Waals surface area contributed by atoms with Crippen LogP contribution in [0.2, 0.25) is 0 Å². The Morgan fingerprint density at radius 3 is 2.37 bits per heavy atom. The molecule has 7 nitrogen and oxygen atoms in total. The van der Waals surface area contributed by atoms with Crippen molar-refractivity contribution in [2.45, 2.75) is 6.42 Å². The minimum Gasteiger partial charge on any atom is -0.353 e. The fourth-order valence-corrected chi connectivity index (χ4v) is 3.09. The molecule has 1 aromatic carbocycles. The predicted octanol–water partition coefficient (Wildman–Crippen LogP) is 1.62. The normalized spacial score (nSPS) is 14.4. The van der Waals surface area contributed by atoms with Crippen LogP contribution in [0.4, 0.5) is 16.2 Å². The van der Waals surface area contributed by atoms with E-state index in [0.29, 0.717) is 18.1 Å². The van der Waals surface area contributed by atoms with E-state index in [0.717, 1.165) is 37.6 Å². The number of aromatic amines is 1. The lowest BCUT2D eigenvalue weighted by molar-refractivity contribution is 0.625. The van der Waals surface area contributed by atoms with Crippen LogP contribution in [0.3, 0.4) is 0 Å². The molecule has 1 saturated heterocycles. The minimum atomic E-state index is -0.307. The van der Waals surface area contributed by atoms with Gasteiger partial charge in [-0.05, 0) is 29.8 Å². The van der Waals surface area contributed by atoms with Gasteiger partial charge in [-0.25, -0.2) is 9.37 Å². The lowest BCUT2D eigenvalue weighted by Gasteiger charge is -2.35. The average molecular weight is 366 g/mol. The highest BCUT2D eigenvalue weighted by Gasteiger charge is 2.20. The molecule has 0 radical (unpaired) electrons. The molecule has 0 unspecified atom stereocenters. The summed E-state index contributed by atoms with van der Waals surface area (Å²) < 4.78 is 13.0. The fraction of sp³-hybridized carbons (Fsp3) is 0.263. The summed E-state index contributed by atoms with van der Waals surface area (Å²) in [5.41, 5.74) is 0.863. The Labute approximate surface area is 155 Å². The summed E-state index contributed by atoms with van der Waals surface area (Å²) in [6, 6.07) is 11.9. The summed E-state index contributed by atoms with van der Waals surface area (Å²) >= 11 is 0. The number of aromatic nitrogens is 4. The minimum absolute atomic E-state index is 0.267. The highest BCUT2D eigenvalue weighted by molar-refractivity contribution is 5.41. The van der Waals surface area contributed by atoms with Crippen LogP contribution in [0, 0.1) is 5.82 Å². The molecule has 8 heteroatoms. The molecular formula is C19H19FN6O. The Morgan fingerprint density at radius 1 is 0.963 bits per heavy atom. The van der Waals surface area contributed by atoms with Crippen LogP contribution in [0.15, 0.2) is 53.5 Å². The SMILES string of the molecule is O=c1[nH]c(N2CCN(c3ccccn3)CC2)nnc1Cc1ccc(F)cc1. The standard InChI is InChI=1S/C19H19FN6O/c20-15-6-4-14(5-7-15)13-16-18(27)22-19(24-23-16)26-11-9-25(10-12-26)17-3-1-2-8-21-17/h1-8H,9-13H2,(H,22,24,27). The Hall–Kier alpha value is -3.29. The molecule has 0 spiro atoms. The van der Waals surface area contributed by atoms with E-state index in [4.69, 9.17) is 0 Å². The van der Waals surface area contributed by atoms with Gasteiger partial charge in [0.15, 0.2) is 0 Å². The summed E-state index contributed by atoms with van der Waals surface area (Å²) in [5, 5.41) is 8.28. The first-order valence-corrected chi connectivity index (χ1v) is 8.80. The van der Waals surface area contributed by atoms with Crippen LogP contribution < -0.4 is 15.4 Å². The molecule has 0 atom stereocenters. The second-order valence-corrected chi connectivity index (χ2v) is 6.39. The molecule has 1 fully saturated rings. The molecule has 2 aromatic heterocycles. The van der Waals surface area contributed by atoms with E-state index in [9.17, 15) is 9.18 Å². The van der Waals surface area contributed by atoms with Crippen LogP contribution in [-0.2, 0) is 6.42 Å². The molecule has 0 bridgehead atoms. The summed E-state index contributed by atoms with van der Waals surface area (Å²) in [4.78, 5) is 23.8. The van der Waals surface area contributed by atoms with Gasteiger partial charge in [0.2, 0.25) is 5.95 Å². The fourth-order valence-electron chi connectivity index (χ4n) is 3.09. The molecule has 138 valence electrons. The first-order chi connectivity index (χ1) is 13.2. The third-order valence-corrected chi connectivity index (χ3v) is 4.59. The van der Waals surface area contributed by atoms with Gasteiger partial charge in [0, 0.05) is 38.8 Å². The van der Waals surface area contributed by atoms with Crippen molar-refractivity contribution in [2.24, 2.45) is 0 Å². The second kappa shape index (κ2) is 7.53. The number of hydrogen-bond donors (Lipinski definition) is 1. The van der Waals surface area contributed by atoms with E-state index >= 15 is 0 Å². The largest absolute Gasteiger partial charge is 0.353 e. The first kappa shape index (κ1) is 17.1. The first-order valence-electron chi connectivity index (χ1n) is 8.80. The van der Waals surface area contributed by atoms with Crippen LogP contribution in [0.25, 0.3) is 0 Å². The molecule has 27 heavy (non-hydrogen) atoms. The van der Waals surface area contributed by atoms with Crippen molar-refractivity contribution in [2.75, 3.05) is 36.0 Å². The zero-order valence-corrected chi connectivity index (χ0v) is 14.7. The van der Waals surface area contributed by atoms with Crippen LogP contribution >= 0.6 is 0 Å². The number of hydrogen-bond acceptors (Lipinski definition) is 6. The number of benzene rings is 1. The third-order valence-electron chi connectivity index (χ3n) is 4.59. The molecule has 3 aromatic rings. The van der Waals surface area contributed by atoms with E-state index in [-0.39, 0.29) is 11.4 Å². The molecule has 3 heterocycles. The lowest BCUT2D eigenvalue weighted by Crippen LogP contribution is -2.48. The van der Waals surface area contributed by atoms with E-state index in [1.807, 2.05) is 23.1 Å². The number of pyridine rings is 1. The molecule has 0 amide bonds. The highest BCUT2D eigenvalue weighted by atomic mass is 19.1. The van der Waals surface area contributed by atoms with Crippen molar-refractivity contribution in [3.05, 3.63) is 76.1 Å². The van der Waals surface area contributed by atoms with Crippen molar-refractivity contribution in [3.8, 4) is 0 Å². The number of nitrogens with zero attached hydrogens (tertiary/aromatic N) is 5. The van der Waals surface area contributed by atoms with Gasteiger partial charge in [-0.15, -0.1) is 10.2 Å². The molecular weight excluding hydrogens is 347 g/mol. The number of halogens is 1. The summed E-state index contributed by atoms with van der Waals surface area (Å²) in [6.45, 7) is 3.02. The van der Waals surface area contributed by atoms with Gasteiger partial charge in [0.25, 0.3) is 5.56 Å². The van der Waals surface area contributed by atoms with Crippen molar-refractivity contribution in [1.82, 2.24) is 20.2 Å². The number of anilines is 2. The molecule has 0 saturated carbocycles. The van der Waals surface area contributed by atoms with E-state index in [1.165, 1.54) is 12.1 Å². The maximum Gasteiger partial charge on any atom is 0.274 e. The second-order valence-electron chi connectivity index (χ2n) is 6.39.